The maximum absolute atomic E-state index is 4.35. The van der Waals surface area contributed by atoms with Gasteiger partial charge in [-0.1, -0.05) is 12.1 Å². The van der Waals surface area contributed by atoms with Gasteiger partial charge in [-0.2, -0.15) is 5.10 Å². The molecule has 0 atom stereocenters. The number of benzene rings is 1. The third-order valence-electron chi connectivity index (χ3n) is 3.34. The maximum Gasteiger partial charge on any atom is 0.151 e. The molecule has 0 spiro atoms. The number of hydrogen-bond acceptors (Lipinski definition) is 5. The van der Waals surface area contributed by atoms with Crippen molar-refractivity contribution in [3.63, 3.8) is 0 Å². The molecule has 0 saturated carbocycles. The van der Waals surface area contributed by atoms with E-state index in [-0.39, 0.29) is 0 Å². The molecule has 22 heavy (non-hydrogen) atoms. The highest BCUT2D eigenvalue weighted by Crippen LogP contribution is 2.27. The molecular formula is C16H13N5S. The molecule has 4 rings (SSSR count). The van der Waals surface area contributed by atoms with E-state index in [1.165, 1.54) is 5.56 Å². The molecular weight excluding hydrogens is 294 g/mol. The van der Waals surface area contributed by atoms with E-state index in [2.05, 4.69) is 32.5 Å². The van der Waals surface area contributed by atoms with Crippen molar-refractivity contribution in [2.45, 2.75) is 6.54 Å². The Balaban J connectivity index is 1.62. The highest BCUT2D eigenvalue weighted by Gasteiger charge is 2.05. The second-order valence-electron chi connectivity index (χ2n) is 4.89. The summed E-state index contributed by atoms with van der Waals surface area (Å²) in [5.74, 6) is 0.844. The second kappa shape index (κ2) is 5.57. The zero-order valence-corrected chi connectivity index (χ0v) is 12.5. The standard InChI is InChI=1S/C16H13N5S/c1-3-12(10-21-7-2-6-19-21)9-13(4-1)20-16-15-14(5-8-22-15)17-11-18-16/h1-9,11H,10H2,(H,17,18,20). The Morgan fingerprint density at radius 2 is 2.14 bits per heavy atom. The van der Waals surface area contributed by atoms with Gasteiger partial charge in [0.25, 0.3) is 0 Å². The molecule has 0 saturated heterocycles. The number of nitrogens with one attached hydrogen (secondary N) is 1. The van der Waals surface area contributed by atoms with Gasteiger partial charge in [0.1, 0.15) is 6.33 Å². The first-order chi connectivity index (χ1) is 10.9. The fourth-order valence-corrected chi connectivity index (χ4v) is 3.13. The van der Waals surface area contributed by atoms with Crippen molar-refractivity contribution in [2.75, 3.05) is 5.32 Å². The van der Waals surface area contributed by atoms with Gasteiger partial charge in [-0.05, 0) is 35.2 Å². The van der Waals surface area contributed by atoms with Crippen LogP contribution in [0.15, 0.2) is 60.5 Å². The van der Waals surface area contributed by atoms with Gasteiger partial charge in [-0.3, -0.25) is 4.68 Å². The summed E-state index contributed by atoms with van der Waals surface area (Å²) in [6.45, 7) is 0.751. The molecule has 0 bridgehead atoms. The quantitative estimate of drug-likeness (QED) is 0.625. The van der Waals surface area contributed by atoms with E-state index in [9.17, 15) is 0 Å². The van der Waals surface area contributed by atoms with E-state index in [1.807, 2.05) is 40.5 Å². The van der Waals surface area contributed by atoms with Gasteiger partial charge in [-0.15, -0.1) is 11.3 Å². The van der Waals surface area contributed by atoms with E-state index in [1.54, 1.807) is 23.9 Å². The van der Waals surface area contributed by atoms with E-state index < -0.39 is 0 Å². The van der Waals surface area contributed by atoms with Crippen molar-refractivity contribution in [1.82, 2.24) is 19.7 Å². The van der Waals surface area contributed by atoms with Gasteiger partial charge in [0.2, 0.25) is 0 Å². The summed E-state index contributed by atoms with van der Waals surface area (Å²) in [5, 5.41) is 9.65. The Hall–Kier alpha value is -2.73. The zero-order valence-electron chi connectivity index (χ0n) is 11.7. The first kappa shape index (κ1) is 13.0. The second-order valence-corrected chi connectivity index (χ2v) is 5.80. The molecule has 0 unspecified atom stereocenters. The number of thiophene rings is 1. The number of fused-ring (bicyclic) bond motifs is 1. The van der Waals surface area contributed by atoms with Crippen molar-refractivity contribution in [1.29, 1.82) is 0 Å². The van der Waals surface area contributed by atoms with Crippen LogP contribution in [0.25, 0.3) is 10.2 Å². The third kappa shape index (κ3) is 2.56. The smallest absolute Gasteiger partial charge is 0.151 e. The molecule has 1 aromatic carbocycles. The van der Waals surface area contributed by atoms with Crippen LogP contribution in [0.5, 0.6) is 0 Å². The number of nitrogens with zero attached hydrogens (tertiary/aromatic N) is 4. The average molecular weight is 307 g/mol. The van der Waals surface area contributed by atoms with E-state index >= 15 is 0 Å². The van der Waals surface area contributed by atoms with Crippen molar-refractivity contribution in [3.8, 4) is 0 Å². The highest BCUT2D eigenvalue weighted by molar-refractivity contribution is 7.17. The molecule has 108 valence electrons. The first-order valence-electron chi connectivity index (χ1n) is 6.90. The van der Waals surface area contributed by atoms with Gasteiger partial charge >= 0.3 is 0 Å². The van der Waals surface area contributed by atoms with Crippen LogP contribution >= 0.6 is 11.3 Å². The Kier molecular flexibility index (Phi) is 3.29. The topological polar surface area (TPSA) is 55.6 Å². The molecule has 0 radical (unpaired) electrons. The summed E-state index contributed by atoms with van der Waals surface area (Å²) in [7, 11) is 0. The summed E-state index contributed by atoms with van der Waals surface area (Å²) >= 11 is 1.64. The number of anilines is 2. The molecule has 3 aromatic heterocycles. The maximum atomic E-state index is 4.35. The van der Waals surface area contributed by atoms with Gasteiger partial charge in [-0.25, -0.2) is 9.97 Å². The van der Waals surface area contributed by atoms with Gasteiger partial charge in [0, 0.05) is 18.1 Å². The number of hydrogen-bond donors (Lipinski definition) is 1. The number of rotatable bonds is 4. The molecule has 0 aliphatic rings. The lowest BCUT2D eigenvalue weighted by Crippen LogP contribution is -2.01. The molecule has 3 heterocycles. The fourth-order valence-electron chi connectivity index (χ4n) is 2.34. The van der Waals surface area contributed by atoms with Crippen molar-refractivity contribution in [2.24, 2.45) is 0 Å². The SMILES string of the molecule is c1cc(Cn2cccn2)cc(Nc2ncnc3ccsc23)c1. The number of aromatic nitrogens is 4. The van der Waals surface area contributed by atoms with Crippen LogP contribution in [-0.2, 0) is 6.54 Å². The minimum atomic E-state index is 0.751. The summed E-state index contributed by atoms with van der Waals surface area (Å²) < 4.78 is 2.97. The van der Waals surface area contributed by atoms with E-state index in [0.717, 1.165) is 28.3 Å². The lowest BCUT2D eigenvalue weighted by Gasteiger charge is -2.08. The van der Waals surface area contributed by atoms with Crippen molar-refractivity contribution in [3.05, 3.63) is 66.1 Å². The van der Waals surface area contributed by atoms with Crippen LogP contribution in [0.2, 0.25) is 0 Å². The lowest BCUT2D eigenvalue weighted by molar-refractivity contribution is 0.687. The first-order valence-corrected chi connectivity index (χ1v) is 7.78. The minimum absolute atomic E-state index is 0.751. The summed E-state index contributed by atoms with van der Waals surface area (Å²) in [5.41, 5.74) is 3.17. The van der Waals surface area contributed by atoms with Gasteiger partial charge in [0.15, 0.2) is 5.82 Å². The van der Waals surface area contributed by atoms with Crippen LogP contribution in [0.1, 0.15) is 5.56 Å². The minimum Gasteiger partial charge on any atom is -0.339 e. The predicted molar refractivity (Wildman–Crippen MR) is 88.5 cm³/mol. The van der Waals surface area contributed by atoms with E-state index in [4.69, 9.17) is 0 Å². The van der Waals surface area contributed by atoms with E-state index in [0.29, 0.717) is 0 Å². The molecule has 0 amide bonds. The van der Waals surface area contributed by atoms with Gasteiger partial charge < -0.3 is 5.32 Å². The molecule has 0 aliphatic carbocycles. The largest absolute Gasteiger partial charge is 0.339 e. The normalized spacial score (nSPS) is 10.9. The van der Waals surface area contributed by atoms with Crippen LogP contribution in [-0.4, -0.2) is 19.7 Å². The van der Waals surface area contributed by atoms with Crippen LogP contribution in [0.4, 0.5) is 11.5 Å². The summed E-state index contributed by atoms with van der Waals surface area (Å²) in [4.78, 5) is 8.61. The molecule has 5 nitrogen and oxygen atoms in total. The average Bonchev–Trinajstić information content (AvgIpc) is 3.19. The van der Waals surface area contributed by atoms with Gasteiger partial charge in [0.05, 0.1) is 16.8 Å². The van der Waals surface area contributed by atoms with Crippen molar-refractivity contribution >= 4 is 33.1 Å². The Labute approximate surface area is 131 Å². The molecule has 6 heteroatoms. The van der Waals surface area contributed by atoms with Crippen LogP contribution < -0.4 is 5.32 Å². The Morgan fingerprint density at radius 3 is 3.05 bits per heavy atom. The molecule has 1 N–H and O–H groups in total. The lowest BCUT2D eigenvalue weighted by atomic mass is 10.2. The van der Waals surface area contributed by atoms with Crippen molar-refractivity contribution < 1.29 is 0 Å². The fraction of sp³-hybridized carbons (Fsp3) is 0.0625. The zero-order chi connectivity index (χ0) is 14.8. The predicted octanol–water partition coefficient (Wildman–Crippen LogP) is 3.68. The van der Waals surface area contributed by atoms with Crippen LogP contribution in [0.3, 0.4) is 0 Å². The van der Waals surface area contributed by atoms with Crippen LogP contribution in [0, 0.1) is 0 Å². The molecule has 4 aromatic rings. The Bertz CT molecular complexity index is 898. The third-order valence-corrected chi connectivity index (χ3v) is 4.25. The summed E-state index contributed by atoms with van der Waals surface area (Å²) in [6.07, 6.45) is 5.33. The monoisotopic (exact) mass is 307 g/mol. The molecule has 0 fully saturated rings. The summed E-state index contributed by atoms with van der Waals surface area (Å²) in [6, 6.07) is 12.2. The molecule has 0 aliphatic heterocycles. The highest BCUT2D eigenvalue weighted by atomic mass is 32.1. The Morgan fingerprint density at radius 1 is 1.14 bits per heavy atom.